The smallest absolute Gasteiger partial charge is 0.363 e. The van der Waals surface area contributed by atoms with Gasteiger partial charge >= 0.3 is 5.97 Å². The van der Waals surface area contributed by atoms with Crippen molar-refractivity contribution < 1.29 is 19.0 Å². The summed E-state index contributed by atoms with van der Waals surface area (Å²) in [5.74, 6) is 1.09. The molecule has 1 heterocycles. The molecule has 6 heteroatoms. The summed E-state index contributed by atoms with van der Waals surface area (Å²) < 4.78 is 18.3. The molecule has 3 aromatic carbocycles. The fourth-order valence-corrected chi connectivity index (χ4v) is 3.57. The van der Waals surface area contributed by atoms with Crippen LogP contribution in [-0.4, -0.2) is 18.5 Å². The van der Waals surface area contributed by atoms with Crippen molar-refractivity contribution >= 4 is 40.5 Å². The lowest BCUT2D eigenvalue weighted by Gasteiger charge is -2.13. The van der Waals surface area contributed by atoms with Crippen molar-refractivity contribution in [2.75, 3.05) is 6.61 Å². The number of halogens is 1. The zero-order valence-corrected chi connectivity index (χ0v) is 20.0. The molecule has 0 radical (unpaired) electrons. The van der Waals surface area contributed by atoms with Crippen molar-refractivity contribution in [3.05, 3.63) is 98.3 Å². The van der Waals surface area contributed by atoms with Gasteiger partial charge in [0.25, 0.3) is 0 Å². The number of hydrogen-bond donors (Lipinski definition) is 0. The fourth-order valence-electron chi connectivity index (χ4n) is 3.21. The largest absolute Gasteiger partial charge is 0.490 e. The minimum absolute atomic E-state index is 0.245. The number of hydrogen-bond acceptors (Lipinski definition) is 5. The number of carbonyl (C=O) groups is 1. The molecule has 32 heavy (non-hydrogen) atoms. The Labute approximate surface area is 200 Å². The summed E-state index contributed by atoms with van der Waals surface area (Å²) in [6.07, 6.45) is 1.69. The number of cyclic esters (lactones) is 1. The second-order valence-corrected chi connectivity index (χ2v) is 8.44. The molecule has 1 aliphatic rings. The number of aryl methyl sites for hydroxylation is 1. The van der Waals surface area contributed by atoms with Crippen LogP contribution in [0.15, 0.2) is 77.4 Å². The predicted molar refractivity (Wildman–Crippen MR) is 133 cm³/mol. The van der Waals surface area contributed by atoms with Gasteiger partial charge in [0, 0.05) is 9.13 Å². The topological polar surface area (TPSA) is 57.1 Å². The summed E-state index contributed by atoms with van der Waals surface area (Å²) in [4.78, 5) is 16.7. The van der Waals surface area contributed by atoms with Crippen LogP contribution in [-0.2, 0) is 16.1 Å². The van der Waals surface area contributed by atoms with Crippen molar-refractivity contribution in [3.63, 3.8) is 0 Å². The van der Waals surface area contributed by atoms with Crippen LogP contribution in [0.5, 0.6) is 11.5 Å². The molecule has 0 saturated heterocycles. The van der Waals surface area contributed by atoms with Gasteiger partial charge < -0.3 is 14.2 Å². The molecular weight excluding hydrogens is 517 g/mol. The lowest BCUT2D eigenvalue weighted by atomic mass is 10.1. The number of rotatable bonds is 7. The first kappa shape index (κ1) is 22.1. The van der Waals surface area contributed by atoms with Crippen LogP contribution < -0.4 is 9.47 Å². The molecule has 0 aliphatic carbocycles. The van der Waals surface area contributed by atoms with Gasteiger partial charge in [0.2, 0.25) is 5.90 Å². The Balaban J connectivity index is 1.56. The number of aliphatic imine (C=N–C) groups is 1. The summed E-state index contributed by atoms with van der Waals surface area (Å²) in [5.41, 5.74) is 4.07. The third-order valence-corrected chi connectivity index (χ3v) is 5.65. The first-order chi connectivity index (χ1) is 15.5. The highest BCUT2D eigenvalue weighted by Crippen LogP contribution is 2.31. The van der Waals surface area contributed by atoms with Crippen LogP contribution in [0.25, 0.3) is 6.08 Å². The Morgan fingerprint density at radius 1 is 1.00 bits per heavy atom. The molecule has 0 amide bonds. The summed E-state index contributed by atoms with van der Waals surface area (Å²) in [7, 11) is 0. The molecule has 1 aliphatic heterocycles. The van der Waals surface area contributed by atoms with E-state index in [1.54, 1.807) is 6.08 Å². The van der Waals surface area contributed by atoms with Crippen LogP contribution in [0.3, 0.4) is 0 Å². The van der Waals surface area contributed by atoms with E-state index in [2.05, 4.69) is 40.6 Å². The molecule has 0 aromatic heterocycles. The average molecular weight is 539 g/mol. The molecule has 0 bridgehead atoms. The van der Waals surface area contributed by atoms with E-state index in [0.717, 1.165) is 20.3 Å². The number of carbonyl (C=O) groups excluding carboxylic acids is 1. The molecule has 3 aromatic rings. The van der Waals surface area contributed by atoms with Crippen molar-refractivity contribution in [1.82, 2.24) is 0 Å². The monoisotopic (exact) mass is 539 g/mol. The zero-order valence-electron chi connectivity index (χ0n) is 17.8. The van der Waals surface area contributed by atoms with Crippen LogP contribution in [0.4, 0.5) is 0 Å². The zero-order chi connectivity index (χ0) is 22.5. The van der Waals surface area contributed by atoms with Gasteiger partial charge in [-0.15, -0.1) is 0 Å². The van der Waals surface area contributed by atoms with Crippen molar-refractivity contribution in [2.45, 2.75) is 20.5 Å². The molecule has 5 nitrogen and oxygen atoms in total. The molecule has 0 spiro atoms. The van der Waals surface area contributed by atoms with Crippen molar-refractivity contribution in [1.29, 1.82) is 0 Å². The summed E-state index contributed by atoms with van der Waals surface area (Å²) >= 11 is 2.22. The van der Waals surface area contributed by atoms with Crippen LogP contribution >= 0.6 is 22.6 Å². The molecule has 0 saturated carbocycles. The van der Waals surface area contributed by atoms with Gasteiger partial charge in [-0.05, 0) is 95.6 Å². The van der Waals surface area contributed by atoms with E-state index in [4.69, 9.17) is 14.2 Å². The highest BCUT2D eigenvalue weighted by molar-refractivity contribution is 14.1. The Morgan fingerprint density at radius 2 is 1.78 bits per heavy atom. The number of benzene rings is 3. The van der Waals surface area contributed by atoms with Gasteiger partial charge in [-0.1, -0.05) is 30.3 Å². The third-order valence-electron chi connectivity index (χ3n) is 4.93. The first-order valence-corrected chi connectivity index (χ1v) is 11.3. The summed E-state index contributed by atoms with van der Waals surface area (Å²) in [5, 5.41) is 0. The second-order valence-electron chi connectivity index (χ2n) is 7.20. The molecular formula is C26H22INO4. The van der Waals surface area contributed by atoms with E-state index >= 15 is 0 Å². The summed E-state index contributed by atoms with van der Waals surface area (Å²) in [6, 6.07) is 21.3. The SMILES string of the molecule is CCOc1cc(/C=C2\N=C(c3ccc(I)cc3)OC2=O)ccc1OCc1ccccc1C. The van der Waals surface area contributed by atoms with E-state index in [1.165, 1.54) is 5.56 Å². The van der Waals surface area contributed by atoms with Gasteiger partial charge in [0.15, 0.2) is 17.2 Å². The van der Waals surface area contributed by atoms with Crippen LogP contribution in [0, 0.1) is 10.5 Å². The van der Waals surface area contributed by atoms with Crippen LogP contribution in [0.1, 0.15) is 29.2 Å². The van der Waals surface area contributed by atoms with E-state index in [1.807, 2.05) is 67.6 Å². The highest BCUT2D eigenvalue weighted by atomic mass is 127. The molecule has 0 unspecified atom stereocenters. The van der Waals surface area contributed by atoms with E-state index in [-0.39, 0.29) is 5.70 Å². The molecule has 0 atom stereocenters. The maximum Gasteiger partial charge on any atom is 0.363 e. The number of nitrogens with zero attached hydrogens (tertiary/aromatic N) is 1. The van der Waals surface area contributed by atoms with E-state index in [9.17, 15) is 4.79 Å². The average Bonchev–Trinajstić information content (AvgIpc) is 3.15. The Hall–Kier alpha value is -3.13. The maximum atomic E-state index is 12.3. The van der Waals surface area contributed by atoms with Gasteiger partial charge in [-0.2, -0.15) is 0 Å². The van der Waals surface area contributed by atoms with Gasteiger partial charge in [-0.25, -0.2) is 9.79 Å². The Morgan fingerprint density at radius 3 is 2.53 bits per heavy atom. The lowest BCUT2D eigenvalue weighted by Crippen LogP contribution is -2.05. The highest BCUT2D eigenvalue weighted by Gasteiger charge is 2.24. The van der Waals surface area contributed by atoms with E-state index in [0.29, 0.717) is 30.6 Å². The number of esters is 1. The minimum atomic E-state index is -0.476. The van der Waals surface area contributed by atoms with E-state index < -0.39 is 5.97 Å². The van der Waals surface area contributed by atoms with Crippen molar-refractivity contribution in [2.24, 2.45) is 4.99 Å². The molecule has 162 valence electrons. The standard InChI is InChI=1S/C26H22INO4/c1-3-30-24-15-18(8-13-23(24)31-16-20-7-5-4-6-17(20)2)14-22-26(29)32-25(28-22)19-9-11-21(27)12-10-19/h4-15H,3,16H2,1-2H3/b22-14-. The Bertz CT molecular complexity index is 1200. The van der Waals surface area contributed by atoms with Crippen molar-refractivity contribution in [3.8, 4) is 11.5 Å². The first-order valence-electron chi connectivity index (χ1n) is 10.3. The molecule has 4 rings (SSSR count). The number of ether oxygens (including phenoxy) is 3. The third kappa shape index (κ3) is 5.19. The van der Waals surface area contributed by atoms with Gasteiger partial charge in [0.1, 0.15) is 6.61 Å². The van der Waals surface area contributed by atoms with Gasteiger partial charge in [0.05, 0.1) is 6.61 Å². The molecule has 0 N–H and O–H groups in total. The normalized spacial score (nSPS) is 14.3. The minimum Gasteiger partial charge on any atom is -0.490 e. The van der Waals surface area contributed by atoms with Gasteiger partial charge in [-0.3, -0.25) is 0 Å². The van der Waals surface area contributed by atoms with Crippen LogP contribution in [0.2, 0.25) is 0 Å². The summed E-state index contributed by atoms with van der Waals surface area (Å²) in [6.45, 7) is 4.92. The second kappa shape index (κ2) is 9.99. The quantitative estimate of drug-likeness (QED) is 0.213. The maximum absolute atomic E-state index is 12.3. The Kier molecular flexibility index (Phi) is 6.90. The lowest BCUT2D eigenvalue weighted by molar-refractivity contribution is -0.129. The fraction of sp³-hybridized carbons (Fsp3) is 0.154. The predicted octanol–water partition coefficient (Wildman–Crippen LogP) is 5.92. The molecule has 0 fully saturated rings.